The zero-order chi connectivity index (χ0) is 14.5. The summed E-state index contributed by atoms with van der Waals surface area (Å²) in [5, 5.41) is 3.37. The molecular weight excluding hydrogens is 252 g/mol. The highest BCUT2D eigenvalue weighted by atomic mass is 16.5. The molecule has 112 valence electrons. The minimum Gasteiger partial charge on any atom is -0.478 e. The van der Waals surface area contributed by atoms with Gasteiger partial charge in [0.05, 0.1) is 6.61 Å². The fourth-order valence-corrected chi connectivity index (χ4v) is 2.87. The molecule has 0 bridgehead atoms. The number of ether oxygens (including phenoxy) is 1. The molecule has 0 amide bonds. The highest BCUT2D eigenvalue weighted by Crippen LogP contribution is 2.26. The zero-order valence-corrected chi connectivity index (χ0v) is 13.0. The Labute approximate surface area is 121 Å². The SMILES string of the molecule is CCOc1cc(N(C)C2CCC(NC)CC2)nc(C)n1. The van der Waals surface area contributed by atoms with Crippen LogP contribution in [0.3, 0.4) is 0 Å². The minimum atomic E-state index is 0.559. The number of aryl methyl sites for hydroxylation is 1. The third-order valence-electron chi connectivity index (χ3n) is 4.11. The number of anilines is 1. The van der Waals surface area contributed by atoms with E-state index in [4.69, 9.17) is 4.74 Å². The van der Waals surface area contributed by atoms with E-state index in [0.717, 1.165) is 11.6 Å². The number of rotatable bonds is 5. The van der Waals surface area contributed by atoms with E-state index in [1.54, 1.807) is 0 Å². The molecule has 0 unspecified atom stereocenters. The number of hydrogen-bond acceptors (Lipinski definition) is 5. The molecule has 20 heavy (non-hydrogen) atoms. The highest BCUT2D eigenvalue weighted by Gasteiger charge is 2.24. The summed E-state index contributed by atoms with van der Waals surface area (Å²) in [6.07, 6.45) is 4.87. The Morgan fingerprint density at radius 1 is 1.30 bits per heavy atom. The lowest BCUT2D eigenvalue weighted by Crippen LogP contribution is -2.40. The molecule has 1 aromatic heterocycles. The Morgan fingerprint density at radius 3 is 2.60 bits per heavy atom. The maximum Gasteiger partial charge on any atom is 0.218 e. The number of nitrogens with zero attached hydrogens (tertiary/aromatic N) is 3. The van der Waals surface area contributed by atoms with Crippen molar-refractivity contribution in [3.05, 3.63) is 11.9 Å². The van der Waals surface area contributed by atoms with Gasteiger partial charge in [0.1, 0.15) is 11.6 Å². The van der Waals surface area contributed by atoms with Gasteiger partial charge in [-0.3, -0.25) is 0 Å². The molecule has 0 radical (unpaired) electrons. The lowest BCUT2D eigenvalue weighted by Gasteiger charge is -2.35. The van der Waals surface area contributed by atoms with Gasteiger partial charge < -0.3 is 15.0 Å². The summed E-state index contributed by atoms with van der Waals surface area (Å²) >= 11 is 0. The molecule has 0 spiro atoms. The molecule has 1 N–H and O–H groups in total. The Balaban J connectivity index is 2.07. The number of hydrogen-bond donors (Lipinski definition) is 1. The zero-order valence-electron chi connectivity index (χ0n) is 13.0. The normalized spacial score (nSPS) is 22.6. The maximum absolute atomic E-state index is 5.51. The van der Waals surface area contributed by atoms with Gasteiger partial charge in [-0.2, -0.15) is 4.98 Å². The fraction of sp³-hybridized carbons (Fsp3) is 0.733. The Morgan fingerprint density at radius 2 is 2.00 bits per heavy atom. The summed E-state index contributed by atoms with van der Waals surface area (Å²) in [5.41, 5.74) is 0. The van der Waals surface area contributed by atoms with Crippen LogP contribution in [0.2, 0.25) is 0 Å². The summed E-state index contributed by atoms with van der Waals surface area (Å²) in [5.74, 6) is 2.40. The van der Waals surface area contributed by atoms with E-state index in [-0.39, 0.29) is 0 Å². The van der Waals surface area contributed by atoms with Crippen LogP contribution in [0, 0.1) is 6.92 Å². The molecule has 5 heteroatoms. The lowest BCUT2D eigenvalue weighted by molar-refractivity contribution is 0.324. The highest BCUT2D eigenvalue weighted by molar-refractivity contribution is 5.42. The molecule has 2 rings (SSSR count). The van der Waals surface area contributed by atoms with Gasteiger partial charge in [0.25, 0.3) is 0 Å². The van der Waals surface area contributed by atoms with E-state index in [1.165, 1.54) is 25.7 Å². The Kier molecular flexibility index (Phi) is 5.17. The van der Waals surface area contributed by atoms with E-state index in [9.17, 15) is 0 Å². The fourth-order valence-electron chi connectivity index (χ4n) is 2.87. The Bertz CT molecular complexity index is 430. The van der Waals surface area contributed by atoms with Crippen LogP contribution in [0.15, 0.2) is 6.07 Å². The molecule has 5 nitrogen and oxygen atoms in total. The van der Waals surface area contributed by atoms with Gasteiger partial charge in [0.15, 0.2) is 0 Å². The summed E-state index contributed by atoms with van der Waals surface area (Å²) in [4.78, 5) is 11.1. The van der Waals surface area contributed by atoms with Gasteiger partial charge in [-0.05, 0) is 46.6 Å². The Hall–Kier alpha value is -1.36. The maximum atomic E-state index is 5.51. The van der Waals surface area contributed by atoms with Crippen LogP contribution in [-0.4, -0.2) is 42.8 Å². The van der Waals surface area contributed by atoms with Crippen molar-refractivity contribution in [3.8, 4) is 5.88 Å². The number of nitrogens with one attached hydrogen (secondary N) is 1. The van der Waals surface area contributed by atoms with Crippen molar-refractivity contribution in [1.82, 2.24) is 15.3 Å². The lowest BCUT2D eigenvalue weighted by atomic mass is 9.90. The first kappa shape index (κ1) is 15.0. The quantitative estimate of drug-likeness (QED) is 0.894. The van der Waals surface area contributed by atoms with Gasteiger partial charge in [-0.15, -0.1) is 0 Å². The summed E-state index contributed by atoms with van der Waals surface area (Å²) in [6.45, 7) is 4.52. The summed E-state index contributed by atoms with van der Waals surface area (Å²) < 4.78 is 5.51. The van der Waals surface area contributed by atoms with Gasteiger partial charge in [-0.25, -0.2) is 4.98 Å². The molecule has 1 aliphatic rings. The minimum absolute atomic E-state index is 0.559. The van der Waals surface area contributed by atoms with Crippen molar-refractivity contribution in [2.24, 2.45) is 0 Å². The summed E-state index contributed by atoms with van der Waals surface area (Å²) in [6, 6.07) is 3.18. The average molecular weight is 278 g/mol. The van der Waals surface area contributed by atoms with Crippen molar-refractivity contribution in [3.63, 3.8) is 0 Å². The van der Waals surface area contributed by atoms with E-state index in [1.807, 2.05) is 19.9 Å². The van der Waals surface area contributed by atoms with E-state index in [0.29, 0.717) is 24.6 Å². The first-order chi connectivity index (χ1) is 9.63. The topological polar surface area (TPSA) is 50.3 Å². The molecule has 0 aliphatic heterocycles. The third kappa shape index (κ3) is 3.60. The van der Waals surface area contributed by atoms with Gasteiger partial charge in [0.2, 0.25) is 5.88 Å². The van der Waals surface area contributed by atoms with Gasteiger partial charge >= 0.3 is 0 Å². The average Bonchev–Trinajstić information content (AvgIpc) is 2.46. The second kappa shape index (κ2) is 6.88. The van der Waals surface area contributed by atoms with Crippen molar-refractivity contribution in [2.45, 2.75) is 51.6 Å². The van der Waals surface area contributed by atoms with Crippen LogP contribution < -0.4 is 15.0 Å². The van der Waals surface area contributed by atoms with Crippen LogP contribution in [0.5, 0.6) is 5.88 Å². The molecule has 1 saturated carbocycles. The van der Waals surface area contributed by atoms with Crippen LogP contribution in [0.4, 0.5) is 5.82 Å². The molecule has 0 aromatic carbocycles. The van der Waals surface area contributed by atoms with Crippen LogP contribution in [-0.2, 0) is 0 Å². The van der Waals surface area contributed by atoms with E-state index >= 15 is 0 Å². The monoisotopic (exact) mass is 278 g/mol. The number of aromatic nitrogens is 2. The molecule has 1 fully saturated rings. The van der Waals surface area contributed by atoms with Crippen LogP contribution in [0.1, 0.15) is 38.4 Å². The predicted molar refractivity (Wildman–Crippen MR) is 81.4 cm³/mol. The van der Waals surface area contributed by atoms with Crippen LogP contribution >= 0.6 is 0 Å². The van der Waals surface area contributed by atoms with Crippen LogP contribution in [0.25, 0.3) is 0 Å². The second-order valence-corrected chi connectivity index (χ2v) is 5.45. The predicted octanol–water partition coefficient (Wildman–Crippen LogP) is 2.15. The smallest absolute Gasteiger partial charge is 0.218 e. The molecule has 1 aliphatic carbocycles. The first-order valence-corrected chi connectivity index (χ1v) is 7.52. The van der Waals surface area contributed by atoms with E-state index in [2.05, 4.69) is 34.3 Å². The van der Waals surface area contributed by atoms with Gasteiger partial charge in [-0.1, -0.05) is 0 Å². The molecule has 1 heterocycles. The van der Waals surface area contributed by atoms with Crippen molar-refractivity contribution >= 4 is 5.82 Å². The van der Waals surface area contributed by atoms with Crippen molar-refractivity contribution < 1.29 is 4.74 Å². The molecule has 1 aromatic rings. The van der Waals surface area contributed by atoms with Crippen molar-refractivity contribution in [1.29, 1.82) is 0 Å². The standard InChI is InChI=1S/C15H26N4O/c1-5-20-15-10-14(17-11(2)18-15)19(4)13-8-6-12(16-3)7-9-13/h10,12-13,16H,5-9H2,1-4H3. The van der Waals surface area contributed by atoms with Gasteiger partial charge in [0, 0.05) is 25.2 Å². The largest absolute Gasteiger partial charge is 0.478 e. The first-order valence-electron chi connectivity index (χ1n) is 7.52. The third-order valence-corrected chi connectivity index (χ3v) is 4.11. The molecule has 0 saturated heterocycles. The summed E-state index contributed by atoms with van der Waals surface area (Å²) in [7, 11) is 4.18. The molecule has 0 atom stereocenters. The van der Waals surface area contributed by atoms with E-state index < -0.39 is 0 Å². The van der Waals surface area contributed by atoms with Crippen molar-refractivity contribution in [2.75, 3.05) is 25.6 Å². The molecular formula is C15H26N4O. The second-order valence-electron chi connectivity index (χ2n) is 5.45.